The van der Waals surface area contributed by atoms with E-state index in [1.54, 1.807) is 12.1 Å². The molecule has 2 amide bonds. The number of fused-ring (bicyclic) bond motifs is 1. The molecule has 3 rings (SSSR count). The smallest absolute Gasteiger partial charge is 0.548 e. The second kappa shape index (κ2) is 15.4. The Hall–Kier alpha value is -4.61. The van der Waals surface area contributed by atoms with Crippen LogP contribution in [-0.2, 0) is 25.7 Å². The van der Waals surface area contributed by atoms with E-state index in [-0.39, 0.29) is 65.2 Å². The van der Waals surface area contributed by atoms with E-state index in [4.69, 9.17) is 15.9 Å². The average molecular weight is 593 g/mol. The molecule has 2 heterocycles. The number of nitrogen functional groups attached to an aromatic ring is 1. The summed E-state index contributed by atoms with van der Waals surface area (Å²) in [6.45, 7) is 0.164. The van der Waals surface area contributed by atoms with Gasteiger partial charge in [-0.2, -0.15) is 4.98 Å². The number of hydrogen-bond acceptors (Lipinski definition) is 12. The van der Waals surface area contributed by atoms with Crippen LogP contribution in [0, 0.1) is 0 Å². The molecule has 0 saturated heterocycles. The fourth-order valence-corrected chi connectivity index (χ4v) is 3.56. The summed E-state index contributed by atoms with van der Waals surface area (Å²) >= 11 is 0. The van der Waals surface area contributed by atoms with Gasteiger partial charge in [0.15, 0.2) is 11.2 Å². The van der Waals surface area contributed by atoms with E-state index < -0.39 is 66.6 Å². The first-order valence-corrected chi connectivity index (χ1v) is 12.0. The maximum Gasteiger partial charge on any atom is 1.00 e. The van der Waals surface area contributed by atoms with Gasteiger partial charge in [0.2, 0.25) is 11.9 Å². The predicted molar refractivity (Wildman–Crippen MR) is 138 cm³/mol. The van der Waals surface area contributed by atoms with Crippen LogP contribution in [0.3, 0.4) is 0 Å². The van der Waals surface area contributed by atoms with Crippen molar-refractivity contribution in [2.75, 3.05) is 11.1 Å². The van der Waals surface area contributed by atoms with Crippen LogP contribution in [-0.4, -0.2) is 72.0 Å². The number of nitrogens with two attached hydrogens (primary N) is 1. The standard InChI is InChI=1S/C24H26N8O9.Na/c25-24-31-19-18(22(39)32-24)28-13(10-27-19)9-26-12-3-1-11(2-4-12)20(37)29-14(5-7-16(33)34)21(38)30-15(23(40)41)6-8-17(35)36;/h1-4,10,14-15,26H,5-9H2,(H,29,37)(H,30,38)(H,33,34)(H,35,36)(H,40,41)(H3,25,27,31,32,39);/q;+1/p-1. The number of hydrogen-bond donors (Lipinski definition) is 7. The number of aromatic amines is 1. The number of carboxylic acids is 3. The SMILES string of the molecule is Nc1nc2ncc(CNc3ccc(C(=O)NC(CCC(=O)O)C(=O)NC(CCC(=O)O)C(=O)[O-])cc3)nc2c(=O)[nH]1.[Na+]. The number of anilines is 2. The minimum Gasteiger partial charge on any atom is -0.548 e. The number of aromatic nitrogens is 4. The van der Waals surface area contributed by atoms with Crippen molar-refractivity contribution in [1.82, 2.24) is 30.6 Å². The molecular weight excluding hydrogens is 567 g/mol. The number of H-pyrrole nitrogens is 1. The van der Waals surface area contributed by atoms with Gasteiger partial charge in [-0.3, -0.25) is 29.0 Å². The van der Waals surface area contributed by atoms with Crippen molar-refractivity contribution in [2.24, 2.45) is 0 Å². The third kappa shape index (κ3) is 9.79. The van der Waals surface area contributed by atoms with Crippen molar-refractivity contribution in [2.45, 2.75) is 44.3 Å². The van der Waals surface area contributed by atoms with E-state index in [2.05, 4.69) is 35.9 Å². The van der Waals surface area contributed by atoms with Gasteiger partial charge in [0.1, 0.15) is 6.04 Å². The topological polar surface area (TPSA) is 283 Å². The maximum atomic E-state index is 12.8. The van der Waals surface area contributed by atoms with Crippen LogP contribution >= 0.6 is 0 Å². The van der Waals surface area contributed by atoms with Crippen molar-refractivity contribution in [1.29, 1.82) is 0 Å². The number of aliphatic carboxylic acids is 3. The average Bonchev–Trinajstić information content (AvgIpc) is 2.91. The predicted octanol–water partition coefficient (Wildman–Crippen LogP) is -5.03. The fourth-order valence-electron chi connectivity index (χ4n) is 3.56. The van der Waals surface area contributed by atoms with Crippen LogP contribution in [0.25, 0.3) is 11.2 Å². The largest absolute Gasteiger partial charge is 1.00 e. The molecule has 17 nitrogen and oxygen atoms in total. The quantitative estimate of drug-likeness (QED) is 0.0863. The molecule has 18 heteroatoms. The number of nitrogens with one attached hydrogen (secondary N) is 4. The molecule has 0 spiro atoms. The van der Waals surface area contributed by atoms with Gasteiger partial charge in [-0.25, -0.2) is 9.97 Å². The normalized spacial score (nSPS) is 11.9. The zero-order valence-electron chi connectivity index (χ0n) is 22.2. The van der Waals surface area contributed by atoms with E-state index in [0.717, 1.165) is 0 Å². The number of rotatable bonds is 14. The van der Waals surface area contributed by atoms with E-state index >= 15 is 0 Å². The van der Waals surface area contributed by atoms with Gasteiger partial charge in [0.25, 0.3) is 11.5 Å². The summed E-state index contributed by atoms with van der Waals surface area (Å²) in [6.07, 6.45) is -0.492. The molecular formula is C24H25N8NaO9. The summed E-state index contributed by atoms with van der Waals surface area (Å²) < 4.78 is 0. The summed E-state index contributed by atoms with van der Waals surface area (Å²) in [7, 11) is 0. The van der Waals surface area contributed by atoms with Crippen molar-refractivity contribution in [3.63, 3.8) is 0 Å². The van der Waals surface area contributed by atoms with E-state index in [0.29, 0.717) is 11.4 Å². The molecule has 0 aliphatic carbocycles. The van der Waals surface area contributed by atoms with Crippen molar-refractivity contribution in [3.8, 4) is 0 Å². The van der Waals surface area contributed by atoms with Crippen molar-refractivity contribution >= 4 is 52.5 Å². The molecule has 2 aromatic heterocycles. The second-order valence-corrected chi connectivity index (χ2v) is 8.69. The van der Waals surface area contributed by atoms with Crippen molar-refractivity contribution in [3.05, 3.63) is 52.1 Å². The number of carbonyl (C=O) groups excluding carboxylic acids is 3. The Morgan fingerprint density at radius 1 is 0.952 bits per heavy atom. The summed E-state index contributed by atoms with van der Waals surface area (Å²) in [5, 5.41) is 36.6. The number of carbonyl (C=O) groups is 5. The second-order valence-electron chi connectivity index (χ2n) is 8.69. The number of benzene rings is 1. The van der Waals surface area contributed by atoms with Crippen molar-refractivity contribution < 1.29 is 68.8 Å². The van der Waals surface area contributed by atoms with Crippen LogP contribution in [0.1, 0.15) is 41.7 Å². The molecule has 0 fully saturated rings. The number of carboxylic acid groups (broad SMARTS) is 3. The molecule has 0 bridgehead atoms. The van der Waals surface area contributed by atoms with E-state index in [1.165, 1.54) is 18.3 Å². The molecule has 2 atom stereocenters. The summed E-state index contributed by atoms with van der Waals surface area (Å²) in [5.74, 6) is -6.11. The molecule has 0 radical (unpaired) electrons. The zero-order valence-corrected chi connectivity index (χ0v) is 24.2. The first kappa shape index (κ1) is 33.6. The molecule has 0 aliphatic rings. The monoisotopic (exact) mass is 592 g/mol. The number of amides is 2. The summed E-state index contributed by atoms with van der Waals surface area (Å²) in [5.41, 5.74) is 6.14. The van der Waals surface area contributed by atoms with Crippen LogP contribution in [0.2, 0.25) is 0 Å². The van der Waals surface area contributed by atoms with Gasteiger partial charge in [0.05, 0.1) is 30.4 Å². The Balaban J connectivity index is 0.00000616. The minimum absolute atomic E-state index is 0. The summed E-state index contributed by atoms with van der Waals surface area (Å²) in [4.78, 5) is 85.1. The Morgan fingerprint density at radius 2 is 1.57 bits per heavy atom. The van der Waals surface area contributed by atoms with Gasteiger partial charge in [-0.1, -0.05) is 0 Å². The first-order valence-electron chi connectivity index (χ1n) is 12.0. The molecule has 0 saturated carbocycles. The van der Waals surface area contributed by atoms with Crippen LogP contribution in [0.5, 0.6) is 0 Å². The molecule has 2 unspecified atom stereocenters. The molecule has 0 aliphatic heterocycles. The van der Waals surface area contributed by atoms with Gasteiger partial charge in [-0.05, 0) is 37.1 Å². The molecule has 3 aromatic rings. The Morgan fingerprint density at radius 3 is 2.17 bits per heavy atom. The Bertz CT molecular complexity index is 1530. The van der Waals surface area contributed by atoms with Crippen LogP contribution in [0.4, 0.5) is 11.6 Å². The summed E-state index contributed by atoms with van der Waals surface area (Å²) in [6, 6.07) is 2.84. The molecule has 216 valence electrons. The zero-order chi connectivity index (χ0) is 30.1. The van der Waals surface area contributed by atoms with Gasteiger partial charge >= 0.3 is 41.5 Å². The number of nitrogens with zero attached hydrogens (tertiary/aromatic N) is 3. The maximum absolute atomic E-state index is 12.8. The van der Waals surface area contributed by atoms with Crippen LogP contribution in [0.15, 0.2) is 35.3 Å². The Labute approximate surface area is 258 Å². The minimum atomic E-state index is -1.73. The van der Waals surface area contributed by atoms with Gasteiger partial charge in [0, 0.05) is 24.1 Å². The van der Waals surface area contributed by atoms with Crippen LogP contribution < -0.4 is 61.9 Å². The molecule has 8 N–H and O–H groups in total. The third-order valence-electron chi connectivity index (χ3n) is 5.62. The first-order chi connectivity index (χ1) is 19.4. The van der Waals surface area contributed by atoms with Gasteiger partial charge < -0.3 is 41.8 Å². The van der Waals surface area contributed by atoms with E-state index in [9.17, 15) is 33.9 Å². The Kier molecular flexibility index (Phi) is 12.3. The fraction of sp³-hybridized carbons (Fsp3) is 0.292. The van der Waals surface area contributed by atoms with E-state index in [1.807, 2.05) is 0 Å². The third-order valence-corrected chi connectivity index (χ3v) is 5.62. The molecule has 42 heavy (non-hydrogen) atoms. The van der Waals surface area contributed by atoms with Gasteiger partial charge in [-0.15, -0.1) is 0 Å². The molecule has 1 aromatic carbocycles.